The lowest BCUT2D eigenvalue weighted by Crippen LogP contribution is -2.46. The smallest absolute Gasteiger partial charge is 0.410 e. The van der Waals surface area contributed by atoms with Gasteiger partial charge in [-0.25, -0.2) is 13.6 Å². The van der Waals surface area contributed by atoms with Gasteiger partial charge in [-0.15, -0.1) is 0 Å². The lowest BCUT2D eigenvalue weighted by molar-refractivity contribution is 0.0233. The Morgan fingerprint density at radius 3 is 2.82 bits per heavy atom. The summed E-state index contributed by atoms with van der Waals surface area (Å²) < 4.78 is 41.7. The average molecular weight is 629 g/mol. The minimum Gasteiger partial charge on any atom is -0.461 e. The van der Waals surface area contributed by atoms with Gasteiger partial charge in [0.25, 0.3) is 0 Å². The zero-order chi connectivity index (χ0) is 27.7. The Morgan fingerprint density at radius 2 is 2.05 bits per heavy atom. The van der Waals surface area contributed by atoms with E-state index in [4.69, 9.17) is 26.1 Å². The number of benzene rings is 1. The zero-order valence-corrected chi connectivity index (χ0v) is 24.7. The number of anilines is 1. The molecule has 0 aliphatic carbocycles. The van der Waals surface area contributed by atoms with E-state index in [1.165, 1.54) is 0 Å². The molecule has 6 rings (SSSR count). The van der Waals surface area contributed by atoms with E-state index in [-0.39, 0.29) is 51.2 Å². The van der Waals surface area contributed by atoms with Crippen LogP contribution in [0.5, 0.6) is 6.01 Å². The van der Waals surface area contributed by atoms with E-state index in [2.05, 4.69) is 30.7 Å². The summed E-state index contributed by atoms with van der Waals surface area (Å²) in [5.41, 5.74) is -0.862. The van der Waals surface area contributed by atoms with Gasteiger partial charge < -0.3 is 19.3 Å². The molecule has 2 aromatic rings. The van der Waals surface area contributed by atoms with Gasteiger partial charge in [-0.2, -0.15) is 9.97 Å². The number of nitrogens with zero attached hydrogens (tertiary/aromatic N) is 5. The molecule has 5 heterocycles. The number of likely N-dealkylation sites (tertiary alicyclic amines) is 1. The molecule has 4 aliphatic heterocycles. The van der Waals surface area contributed by atoms with E-state index in [0.29, 0.717) is 43.8 Å². The van der Waals surface area contributed by atoms with E-state index in [1.807, 2.05) is 20.8 Å². The molecule has 3 unspecified atom stereocenters. The Hall–Kier alpha value is -1.98. The summed E-state index contributed by atoms with van der Waals surface area (Å²) >= 11 is 9.59. The van der Waals surface area contributed by atoms with Crippen LogP contribution in [0.4, 0.5) is 19.4 Å². The van der Waals surface area contributed by atoms with Gasteiger partial charge in [-0.05, 0) is 74.5 Å². The van der Waals surface area contributed by atoms with Crippen molar-refractivity contribution < 1.29 is 23.0 Å². The van der Waals surface area contributed by atoms with Crippen LogP contribution in [0.3, 0.4) is 0 Å². The van der Waals surface area contributed by atoms with Crippen LogP contribution in [0, 0.1) is 11.7 Å². The molecule has 4 atom stereocenters. The fourth-order valence-corrected chi connectivity index (χ4v) is 7.26. The number of fused-ring (bicyclic) bond motifs is 4. The largest absolute Gasteiger partial charge is 0.461 e. The number of carbonyl (C=O) groups is 1. The predicted octanol–water partition coefficient (Wildman–Crippen LogP) is 5.59. The molecule has 8 nitrogen and oxygen atoms in total. The van der Waals surface area contributed by atoms with Gasteiger partial charge in [0, 0.05) is 38.0 Å². The second-order valence-electron chi connectivity index (χ2n) is 12.4. The molecular weight excluding hydrogens is 596 g/mol. The molecule has 12 heteroatoms. The Morgan fingerprint density at radius 1 is 1.26 bits per heavy atom. The average Bonchev–Trinajstić information content (AvgIpc) is 3.49. The van der Waals surface area contributed by atoms with E-state index in [0.717, 1.165) is 25.8 Å². The number of rotatable bonds is 4. The maximum atomic E-state index is 15.5. The highest BCUT2D eigenvalue weighted by Crippen LogP contribution is 2.42. The normalized spacial score (nSPS) is 28.8. The first-order valence-corrected chi connectivity index (χ1v) is 14.7. The Labute approximate surface area is 240 Å². The number of hydrogen-bond donors (Lipinski definition) is 0. The lowest BCUT2D eigenvalue weighted by atomic mass is 9.95. The topological polar surface area (TPSA) is 71.0 Å². The summed E-state index contributed by atoms with van der Waals surface area (Å²) in [6.07, 6.45) is 1.91. The molecule has 0 saturated carbocycles. The molecule has 0 N–H and O–H groups in total. The summed E-state index contributed by atoms with van der Waals surface area (Å²) in [5, 5.41) is 0.692. The van der Waals surface area contributed by atoms with Gasteiger partial charge in [0.1, 0.15) is 29.7 Å². The summed E-state index contributed by atoms with van der Waals surface area (Å²) in [5.74, 6) is 0.138. The number of alkyl halides is 1. The predicted molar refractivity (Wildman–Crippen MR) is 148 cm³/mol. The molecule has 4 aliphatic rings. The summed E-state index contributed by atoms with van der Waals surface area (Å²) in [6.45, 7) is 8.81. The molecule has 1 amide bonds. The maximum absolute atomic E-state index is 15.5. The highest BCUT2D eigenvalue weighted by atomic mass is 79.9. The summed E-state index contributed by atoms with van der Waals surface area (Å²) in [6, 6.07) is 1.65. The number of hydrogen-bond acceptors (Lipinski definition) is 7. The first-order chi connectivity index (χ1) is 18.4. The molecule has 1 aromatic heterocycles. The van der Waals surface area contributed by atoms with Crippen molar-refractivity contribution in [2.75, 3.05) is 44.2 Å². The van der Waals surface area contributed by atoms with Gasteiger partial charge in [0.15, 0.2) is 5.82 Å². The number of carbonyl (C=O) groups excluding carboxylic acids is 1. The van der Waals surface area contributed by atoms with Crippen molar-refractivity contribution in [3.8, 4) is 6.01 Å². The van der Waals surface area contributed by atoms with Crippen LogP contribution in [0.2, 0.25) is 5.02 Å². The summed E-state index contributed by atoms with van der Waals surface area (Å²) in [7, 11) is 0. The number of ether oxygens (including phenoxy) is 2. The van der Waals surface area contributed by atoms with Gasteiger partial charge in [0.2, 0.25) is 0 Å². The summed E-state index contributed by atoms with van der Waals surface area (Å²) in [4.78, 5) is 28.1. The van der Waals surface area contributed by atoms with Gasteiger partial charge in [0.05, 0.1) is 21.1 Å². The van der Waals surface area contributed by atoms with Crippen molar-refractivity contribution in [1.82, 2.24) is 19.8 Å². The van der Waals surface area contributed by atoms with Crippen molar-refractivity contribution in [2.45, 2.75) is 69.8 Å². The quantitative estimate of drug-likeness (QED) is 0.409. The van der Waals surface area contributed by atoms with E-state index >= 15 is 4.39 Å². The van der Waals surface area contributed by atoms with E-state index in [1.54, 1.807) is 11.0 Å². The second-order valence-corrected chi connectivity index (χ2v) is 13.6. The Balaban J connectivity index is 1.32. The number of aromatic nitrogens is 2. The van der Waals surface area contributed by atoms with Crippen LogP contribution in [0.25, 0.3) is 10.9 Å². The minimum absolute atomic E-state index is 0.0519. The second kappa shape index (κ2) is 9.83. The molecule has 4 fully saturated rings. The van der Waals surface area contributed by atoms with Gasteiger partial charge in [-0.3, -0.25) is 4.90 Å². The van der Waals surface area contributed by atoms with Crippen molar-refractivity contribution in [3.63, 3.8) is 0 Å². The highest BCUT2D eigenvalue weighted by molar-refractivity contribution is 9.10. The monoisotopic (exact) mass is 627 g/mol. The van der Waals surface area contributed by atoms with E-state index in [9.17, 15) is 9.18 Å². The molecule has 2 bridgehead atoms. The molecule has 0 spiro atoms. The SMILES string of the molecule is CC(C)(C)OC(=O)N1CC2CC1CN(c1nc(OCC34CCCN3C[C@H](F)C4)nc3c(F)c(Br)c(Cl)cc13)C2. The molecule has 4 saturated heterocycles. The van der Waals surface area contributed by atoms with Gasteiger partial charge in [-0.1, -0.05) is 11.6 Å². The highest BCUT2D eigenvalue weighted by Gasteiger charge is 2.49. The standard InChI is InChI=1S/C27H33BrClF2N5O3/c1-26(2,3)39-25(37)36-11-15-7-17(36)13-34(10-15)23-18-8-19(29)20(28)21(31)22(18)32-24(33-23)38-14-27-5-4-6-35(27)12-16(30)9-27/h8,15-17H,4-7,9-14H2,1-3H3/t15?,16-,17?,27?/m1/s1. The Kier molecular flexibility index (Phi) is 6.86. The molecule has 1 aromatic carbocycles. The van der Waals surface area contributed by atoms with Gasteiger partial charge >= 0.3 is 12.1 Å². The maximum Gasteiger partial charge on any atom is 0.410 e. The molecular formula is C27H33BrClF2N5O3. The first-order valence-electron chi connectivity index (χ1n) is 13.5. The van der Waals surface area contributed by atoms with Crippen molar-refractivity contribution in [3.05, 3.63) is 21.4 Å². The van der Waals surface area contributed by atoms with Crippen molar-refractivity contribution >= 4 is 50.3 Å². The molecule has 0 radical (unpaired) electrons. The van der Waals surface area contributed by atoms with Crippen LogP contribution in [-0.2, 0) is 4.74 Å². The van der Waals surface area contributed by atoms with Crippen LogP contribution in [0.1, 0.15) is 46.5 Å². The van der Waals surface area contributed by atoms with Crippen LogP contribution >= 0.6 is 27.5 Å². The van der Waals surface area contributed by atoms with Crippen LogP contribution in [0.15, 0.2) is 10.5 Å². The molecule has 39 heavy (non-hydrogen) atoms. The zero-order valence-electron chi connectivity index (χ0n) is 22.4. The first kappa shape index (κ1) is 27.2. The fourth-order valence-electron chi connectivity index (χ4n) is 6.77. The molecule has 212 valence electrons. The number of halogens is 4. The third-order valence-corrected chi connectivity index (χ3v) is 9.66. The van der Waals surface area contributed by atoms with Crippen molar-refractivity contribution in [1.29, 1.82) is 0 Å². The van der Waals surface area contributed by atoms with Crippen LogP contribution in [-0.4, -0.2) is 88.5 Å². The fraction of sp³-hybridized carbons (Fsp3) is 0.667. The lowest BCUT2D eigenvalue weighted by Gasteiger charge is -2.35. The van der Waals surface area contributed by atoms with E-state index < -0.39 is 17.6 Å². The number of amides is 1. The minimum atomic E-state index is -0.880. The third-order valence-electron chi connectivity index (χ3n) is 8.36. The Bertz CT molecular complexity index is 1310. The van der Waals surface area contributed by atoms with Crippen molar-refractivity contribution in [2.24, 2.45) is 5.92 Å². The number of piperidine rings is 1. The van der Waals surface area contributed by atoms with Crippen LogP contribution < -0.4 is 9.64 Å². The third kappa shape index (κ3) is 5.03.